The van der Waals surface area contributed by atoms with E-state index >= 15 is 0 Å². The summed E-state index contributed by atoms with van der Waals surface area (Å²) >= 11 is 3.49. The molecule has 1 aromatic rings. The van der Waals surface area contributed by atoms with E-state index in [-0.39, 0.29) is 18.3 Å². The van der Waals surface area contributed by atoms with E-state index in [0.29, 0.717) is 18.3 Å². The fraction of sp³-hybridized carbons (Fsp3) is 0.562. The van der Waals surface area contributed by atoms with Gasteiger partial charge in [-0.05, 0) is 62.4 Å². The van der Waals surface area contributed by atoms with Crippen molar-refractivity contribution in [3.63, 3.8) is 0 Å². The molecule has 1 aliphatic rings. The van der Waals surface area contributed by atoms with E-state index < -0.39 is 0 Å². The zero-order valence-corrected chi connectivity index (χ0v) is 15.0. The van der Waals surface area contributed by atoms with E-state index in [4.69, 9.17) is 0 Å². The summed E-state index contributed by atoms with van der Waals surface area (Å²) in [5.41, 5.74) is 2.04. The summed E-state index contributed by atoms with van der Waals surface area (Å²) < 4.78 is 1.03. The normalized spacial score (nSPS) is 16.9. The molecule has 0 aromatic heterocycles. The van der Waals surface area contributed by atoms with Gasteiger partial charge < -0.3 is 10.6 Å². The van der Waals surface area contributed by atoms with Crippen LogP contribution in [0.4, 0.5) is 5.69 Å². The summed E-state index contributed by atoms with van der Waals surface area (Å²) in [6.07, 6.45) is 2.98. The van der Waals surface area contributed by atoms with Crippen LogP contribution in [-0.4, -0.2) is 19.0 Å². The van der Waals surface area contributed by atoms with Crippen molar-refractivity contribution in [3.8, 4) is 0 Å². The molecule has 0 spiro atoms. The van der Waals surface area contributed by atoms with Crippen molar-refractivity contribution >= 4 is 39.9 Å². The van der Waals surface area contributed by atoms with Crippen LogP contribution in [0, 0.1) is 18.8 Å². The Kier molecular flexibility index (Phi) is 7.71. The monoisotopic (exact) mass is 374 g/mol. The van der Waals surface area contributed by atoms with E-state index in [1.807, 2.05) is 25.1 Å². The zero-order valence-electron chi connectivity index (χ0n) is 12.6. The third-order valence-electron chi connectivity index (χ3n) is 4.15. The maximum Gasteiger partial charge on any atom is 0.224 e. The van der Waals surface area contributed by atoms with E-state index in [1.165, 1.54) is 18.4 Å². The first-order valence-electron chi connectivity index (χ1n) is 7.33. The first-order chi connectivity index (χ1) is 9.56. The second-order valence-corrected chi connectivity index (χ2v) is 6.64. The summed E-state index contributed by atoms with van der Waals surface area (Å²) in [4.78, 5) is 12.1. The van der Waals surface area contributed by atoms with Gasteiger partial charge >= 0.3 is 0 Å². The highest BCUT2D eigenvalue weighted by Crippen LogP contribution is 2.25. The Morgan fingerprint density at radius 3 is 2.71 bits per heavy atom. The second-order valence-electron chi connectivity index (χ2n) is 5.78. The number of aryl methyl sites for hydroxylation is 1. The second kappa shape index (κ2) is 8.76. The van der Waals surface area contributed by atoms with Gasteiger partial charge in [0.1, 0.15) is 0 Å². The Balaban J connectivity index is 0.00000220. The van der Waals surface area contributed by atoms with Crippen LogP contribution in [0.5, 0.6) is 0 Å². The van der Waals surface area contributed by atoms with E-state index in [1.54, 1.807) is 0 Å². The average Bonchev–Trinajstić information content (AvgIpc) is 2.44. The third-order valence-corrected chi connectivity index (χ3v) is 5.01. The quantitative estimate of drug-likeness (QED) is 0.830. The molecule has 0 bridgehead atoms. The van der Waals surface area contributed by atoms with Gasteiger partial charge in [-0.3, -0.25) is 4.79 Å². The summed E-state index contributed by atoms with van der Waals surface area (Å²) in [5.74, 6) is 1.24. The van der Waals surface area contributed by atoms with Gasteiger partial charge in [-0.2, -0.15) is 0 Å². The van der Waals surface area contributed by atoms with Crippen LogP contribution >= 0.6 is 28.3 Å². The van der Waals surface area contributed by atoms with Gasteiger partial charge in [0.05, 0.1) is 0 Å². The summed E-state index contributed by atoms with van der Waals surface area (Å²) in [6, 6.07) is 5.92. The third kappa shape index (κ3) is 5.61. The number of hydrogen-bond donors (Lipinski definition) is 2. The molecule has 1 unspecified atom stereocenters. The average molecular weight is 376 g/mol. The molecule has 118 valence electrons. The lowest BCUT2D eigenvalue weighted by Gasteiger charge is -2.27. The lowest BCUT2D eigenvalue weighted by molar-refractivity contribution is -0.117. The Morgan fingerprint density at radius 1 is 1.43 bits per heavy atom. The molecule has 21 heavy (non-hydrogen) atoms. The van der Waals surface area contributed by atoms with Crippen molar-refractivity contribution in [2.75, 3.05) is 18.4 Å². The lowest BCUT2D eigenvalue weighted by Crippen LogP contribution is -2.32. The van der Waals surface area contributed by atoms with Crippen molar-refractivity contribution in [3.05, 3.63) is 28.2 Å². The van der Waals surface area contributed by atoms with Crippen molar-refractivity contribution < 1.29 is 4.79 Å². The molecule has 3 nitrogen and oxygen atoms in total. The number of anilines is 1. The number of nitrogens with one attached hydrogen (secondary N) is 2. The molecule has 1 atom stereocenters. The standard InChI is InChI=1S/C16H23BrN2O.ClH/c1-11-3-4-14(10-15(11)17)19-16(20)9-12(2)13-5-7-18-8-6-13;/h3-4,10,12-13,18H,5-9H2,1-2H3,(H,19,20);1H. The Labute approximate surface area is 141 Å². The molecule has 1 heterocycles. The Morgan fingerprint density at radius 2 is 2.10 bits per heavy atom. The molecule has 1 saturated heterocycles. The topological polar surface area (TPSA) is 41.1 Å². The number of piperidine rings is 1. The van der Waals surface area contributed by atoms with Gasteiger partial charge in [-0.25, -0.2) is 0 Å². The largest absolute Gasteiger partial charge is 0.326 e. The fourth-order valence-corrected chi connectivity index (χ4v) is 3.13. The molecule has 2 rings (SSSR count). The lowest BCUT2D eigenvalue weighted by atomic mass is 9.84. The van der Waals surface area contributed by atoms with Crippen LogP contribution in [0.25, 0.3) is 0 Å². The van der Waals surface area contributed by atoms with Crippen molar-refractivity contribution in [1.29, 1.82) is 0 Å². The smallest absolute Gasteiger partial charge is 0.224 e. The van der Waals surface area contributed by atoms with Crippen molar-refractivity contribution in [1.82, 2.24) is 5.32 Å². The summed E-state index contributed by atoms with van der Waals surface area (Å²) in [7, 11) is 0. The summed E-state index contributed by atoms with van der Waals surface area (Å²) in [5, 5.41) is 6.36. The molecular weight excluding hydrogens is 352 g/mol. The number of carbonyl (C=O) groups is 1. The minimum absolute atomic E-state index is 0. The molecule has 2 N–H and O–H groups in total. The van der Waals surface area contributed by atoms with Gasteiger partial charge in [-0.1, -0.05) is 28.9 Å². The predicted molar refractivity (Wildman–Crippen MR) is 94.1 cm³/mol. The molecule has 5 heteroatoms. The van der Waals surface area contributed by atoms with Crippen LogP contribution in [0.1, 0.15) is 31.7 Å². The van der Waals surface area contributed by atoms with E-state index in [0.717, 1.165) is 23.2 Å². The first-order valence-corrected chi connectivity index (χ1v) is 8.12. The Bertz CT molecular complexity index is 475. The SMILES string of the molecule is Cc1ccc(NC(=O)CC(C)C2CCNCC2)cc1Br.Cl. The van der Waals surface area contributed by atoms with Crippen LogP contribution in [-0.2, 0) is 4.79 Å². The number of halogens is 2. The molecule has 0 saturated carbocycles. The minimum Gasteiger partial charge on any atom is -0.326 e. The zero-order chi connectivity index (χ0) is 14.5. The predicted octanol–water partition coefficient (Wildman–Crippen LogP) is 4.14. The maximum absolute atomic E-state index is 12.1. The molecule has 1 aliphatic heterocycles. The Hall–Kier alpha value is -0.580. The number of amides is 1. The van der Waals surface area contributed by atoms with Crippen LogP contribution < -0.4 is 10.6 Å². The van der Waals surface area contributed by atoms with Crippen molar-refractivity contribution in [2.45, 2.75) is 33.1 Å². The van der Waals surface area contributed by atoms with Crippen LogP contribution in [0.15, 0.2) is 22.7 Å². The van der Waals surface area contributed by atoms with Gasteiger partial charge in [0.15, 0.2) is 0 Å². The van der Waals surface area contributed by atoms with Gasteiger partial charge in [0.2, 0.25) is 5.91 Å². The van der Waals surface area contributed by atoms with Gasteiger partial charge in [0.25, 0.3) is 0 Å². The highest BCUT2D eigenvalue weighted by molar-refractivity contribution is 9.10. The highest BCUT2D eigenvalue weighted by Gasteiger charge is 2.22. The molecule has 0 radical (unpaired) electrons. The number of rotatable bonds is 4. The maximum atomic E-state index is 12.1. The van der Waals surface area contributed by atoms with E-state index in [9.17, 15) is 4.79 Å². The number of benzene rings is 1. The molecule has 1 aromatic carbocycles. The number of hydrogen-bond acceptors (Lipinski definition) is 2. The van der Waals surface area contributed by atoms with Crippen molar-refractivity contribution in [2.24, 2.45) is 11.8 Å². The molecule has 0 aliphatic carbocycles. The van der Waals surface area contributed by atoms with Crippen LogP contribution in [0.3, 0.4) is 0 Å². The fourth-order valence-electron chi connectivity index (χ4n) is 2.76. The molecule has 1 amide bonds. The summed E-state index contributed by atoms with van der Waals surface area (Å²) in [6.45, 7) is 6.40. The number of carbonyl (C=O) groups excluding carboxylic acids is 1. The highest BCUT2D eigenvalue weighted by atomic mass is 79.9. The minimum atomic E-state index is 0. The molecular formula is C16H24BrClN2O. The van der Waals surface area contributed by atoms with Crippen LogP contribution in [0.2, 0.25) is 0 Å². The molecule has 1 fully saturated rings. The van der Waals surface area contributed by atoms with Gasteiger partial charge in [-0.15, -0.1) is 12.4 Å². The van der Waals surface area contributed by atoms with E-state index in [2.05, 4.69) is 33.5 Å². The van der Waals surface area contributed by atoms with Gasteiger partial charge in [0, 0.05) is 16.6 Å². The first kappa shape index (κ1) is 18.5.